The second-order valence-corrected chi connectivity index (χ2v) is 19.4. The van der Waals surface area contributed by atoms with E-state index in [1.54, 1.807) is 0 Å². The Kier molecular flexibility index (Phi) is 6.59. The summed E-state index contributed by atoms with van der Waals surface area (Å²) in [6.07, 6.45) is 11.3. The minimum atomic E-state index is -0.876. The van der Waals surface area contributed by atoms with E-state index >= 15 is 0 Å². The molecule has 6 atom stereocenters. The Morgan fingerprint density at radius 2 is 0.958 bits per heavy atom. The molecular weight excluding hydrogens is 616 g/mol. The van der Waals surface area contributed by atoms with Gasteiger partial charge >= 0.3 is 17.9 Å². The van der Waals surface area contributed by atoms with Crippen LogP contribution >= 0.6 is 0 Å². The van der Waals surface area contributed by atoms with Gasteiger partial charge in [0.15, 0.2) is 5.79 Å². The van der Waals surface area contributed by atoms with Crippen molar-refractivity contribution in [1.82, 2.24) is 0 Å². The van der Waals surface area contributed by atoms with Gasteiger partial charge in [0.1, 0.15) is 13.2 Å². The number of ether oxygens (including phenoxy) is 4. The molecule has 0 aromatic rings. The van der Waals surface area contributed by atoms with Gasteiger partial charge in [-0.25, -0.2) is 0 Å². The topological polar surface area (TPSA) is 149 Å². The molecule has 1 saturated heterocycles. The van der Waals surface area contributed by atoms with Crippen molar-refractivity contribution in [2.24, 2.45) is 74.9 Å². The highest BCUT2D eigenvalue weighted by atomic mass is 16.7. The molecule has 0 amide bonds. The molecule has 264 valence electrons. The smallest absolute Gasteiger partial charge is 0.312 e. The van der Waals surface area contributed by atoms with Crippen LogP contribution in [0.5, 0.6) is 0 Å². The molecule has 12 aliphatic carbocycles. The fourth-order valence-corrected chi connectivity index (χ4v) is 14.7. The zero-order chi connectivity index (χ0) is 32.8. The summed E-state index contributed by atoms with van der Waals surface area (Å²) in [5.41, 5.74) is -2.68. The van der Waals surface area contributed by atoms with Crippen LogP contribution in [-0.2, 0) is 33.3 Å². The summed E-state index contributed by atoms with van der Waals surface area (Å²) >= 11 is 0. The van der Waals surface area contributed by atoms with Gasteiger partial charge in [-0.15, -0.1) is 0 Å². The summed E-state index contributed by atoms with van der Waals surface area (Å²) in [5, 5.41) is 31.8. The number of aliphatic hydroxyl groups is 2. The van der Waals surface area contributed by atoms with Gasteiger partial charge in [-0.05, 0) is 138 Å². The molecule has 13 rings (SSSR count). The first-order chi connectivity index (χ1) is 22.9. The van der Waals surface area contributed by atoms with Crippen molar-refractivity contribution in [3.8, 4) is 0 Å². The summed E-state index contributed by atoms with van der Waals surface area (Å²) in [6.45, 7) is 0.473. The van der Waals surface area contributed by atoms with Crippen molar-refractivity contribution in [1.29, 1.82) is 0 Å². The average Bonchev–Trinajstić information content (AvgIpc) is 3.06. The molecule has 10 nitrogen and oxygen atoms in total. The molecule has 12 saturated carbocycles. The SMILES string of the molecule is O=C(O)C12CC3CC(C1)C1(OCC(COC(=O)C45CC6CC(C4)C(O)C(C6)C5)(COC(=O)C45CC6CC(C4)C(O)C(C6)C5)CO1)C(C3)C2. The number of carbonyl (C=O) groups excluding carboxylic acids is 2. The highest BCUT2D eigenvalue weighted by Crippen LogP contribution is 2.66. The predicted octanol–water partition coefficient (Wildman–Crippen LogP) is 4.09. The Morgan fingerprint density at radius 1 is 0.562 bits per heavy atom. The van der Waals surface area contributed by atoms with E-state index in [4.69, 9.17) is 18.9 Å². The molecule has 0 aromatic carbocycles. The standard InChI is InChI=1S/C38H52O10/c39-29-23-1-20-2-24(29)11-36(8-20,10-23)32(43)45-16-34(17-46-33(44)37-9-21-3-25(12-37)30(40)26(4-21)13-37)18-47-38(48-19-34)27-5-22-6-28(38)15-35(7-22,14-27)31(41)42/h20-30,39-40H,1-19H2,(H,41,42). The van der Waals surface area contributed by atoms with Gasteiger partial charge in [0.25, 0.3) is 0 Å². The average molecular weight is 669 g/mol. The lowest BCUT2D eigenvalue weighted by molar-refractivity contribution is -0.391. The van der Waals surface area contributed by atoms with Gasteiger partial charge in [-0.2, -0.15) is 0 Å². The van der Waals surface area contributed by atoms with Crippen LogP contribution < -0.4 is 0 Å². The third kappa shape index (κ3) is 4.27. The van der Waals surface area contributed by atoms with Crippen molar-refractivity contribution >= 4 is 17.9 Å². The van der Waals surface area contributed by atoms with Crippen LogP contribution in [0, 0.1) is 74.9 Å². The number of hydrogen-bond donors (Lipinski definition) is 3. The first-order valence-electron chi connectivity index (χ1n) is 19.2. The van der Waals surface area contributed by atoms with E-state index in [9.17, 15) is 29.7 Å². The molecule has 13 fully saturated rings. The van der Waals surface area contributed by atoms with E-state index in [0.29, 0.717) is 56.3 Å². The molecule has 1 aliphatic heterocycles. The van der Waals surface area contributed by atoms with Gasteiger partial charge in [-0.3, -0.25) is 14.4 Å². The van der Waals surface area contributed by atoms with Crippen molar-refractivity contribution in [2.45, 2.75) is 114 Å². The van der Waals surface area contributed by atoms with Crippen molar-refractivity contribution in [2.75, 3.05) is 26.4 Å². The monoisotopic (exact) mass is 668 g/mol. The van der Waals surface area contributed by atoms with E-state index in [-0.39, 0.29) is 86.1 Å². The molecule has 6 unspecified atom stereocenters. The quantitative estimate of drug-likeness (QED) is 0.339. The number of esters is 2. The Labute approximate surface area is 282 Å². The lowest BCUT2D eigenvalue weighted by Gasteiger charge is -2.64. The number of rotatable bonds is 7. The largest absolute Gasteiger partial charge is 0.481 e. The summed E-state index contributed by atoms with van der Waals surface area (Å²) in [6, 6.07) is 0. The van der Waals surface area contributed by atoms with E-state index < -0.39 is 33.4 Å². The van der Waals surface area contributed by atoms with E-state index in [1.807, 2.05) is 0 Å². The fourth-order valence-electron chi connectivity index (χ4n) is 14.7. The van der Waals surface area contributed by atoms with E-state index in [2.05, 4.69) is 0 Å². The maximum Gasteiger partial charge on any atom is 0.312 e. The molecule has 3 N–H and O–H groups in total. The number of aliphatic carboxylic acids is 1. The van der Waals surface area contributed by atoms with Crippen molar-refractivity contribution in [3.63, 3.8) is 0 Å². The highest BCUT2D eigenvalue weighted by molar-refractivity contribution is 5.78. The van der Waals surface area contributed by atoms with Crippen LogP contribution in [-0.4, -0.2) is 77.7 Å². The minimum Gasteiger partial charge on any atom is -0.481 e. The van der Waals surface area contributed by atoms with Gasteiger partial charge in [0, 0.05) is 11.8 Å². The Bertz CT molecular complexity index is 1280. The second-order valence-electron chi connectivity index (χ2n) is 19.4. The Morgan fingerprint density at radius 3 is 1.38 bits per heavy atom. The van der Waals surface area contributed by atoms with Gasteiger partial charge in [-0.1, -0.05) is 0 Å². The van der Waals surface area contributed by atoms with Gasteiger partial charge < -0.3 is 34.3 Å². The molecule has 1 heterocycles. The maximum atomic E-state index is 14.0. The van der Waals surface area contributed by atoms with Crippen LogP contribution in [0.3, 0.4) is 0 Å². The predicted molar refractivity (Wildman–Crippen MR) is 167 cm³/mol. The number of carboxylic acid groups (broad SMARTS) is 1. The van der Waals surface area contributed by atoms with Crippen LogP contribution in [0.25, 0.3) is 0 Å². The number of carboxylic acids is 1. The minimum absolute atomic E-state index is 0.000133. The third-order valence-corrected chi connectivity index (χ3v) is 16.3. The second kappa shape index (κ2) is 10.2. The zero-order valence-electron chi connectivity index (χ0n) is 28.0. The van der Waals surface area contributed by atoms with E-state index in [0.717, 1.165) is 57.8 Å². The summed E-state index contributed by atoms with van der Waals surface area (Å²) in [4.78, 5) is 40.4. The van der Waals surface area contributed by atoms with Crippen LogP contribution in [0.2, 0.25) is 0 Å². The third-order valence-electron chi connectivity index (χ3n) is 16.3. The first kappa shape index (κ1) is 31.0. The van der Waals surface area contributed by atoms with Crippen LogP contribution in [0.1, 0.15) is 96.3 Å². The normalized spacial score (nSPS) is 56.5. The van der Waals surface area contributed by atoms with Gasteiger partial charge in [0.05, 0.1) is 47.1 Å². The summed E-state index contributed by atoms with van der Waals surface area (Å²) < 4.78 is 26.1. The molecule has 48 heavy (non-hydrogen) atoms. The van der Waals surface area contributed by atoms with Crippen molar-refractivity contribution < 1.29 is 48.7 Å². The molecule has 13 aliphatic rings. The van der Waals surface area contributed by atoms with Crippen molar-refractivity contribution in [3.05, 3.63) is 0 Å². The Hall–Kier alpha value is -1.75. The molecule has 12 bridgehead atoms. The number of carbonyl (C=O) groups is 3. The lowest BCUT2D eigenvalue weighted by atomic mass is 9.47. The fraction of sp³-hybridized carbons (Fsp3) is 0.921. The molecular formula is C38H52O10. The number of hydrogen-bond acceptors (Lipinski definition) is 9. The van der Waals surface area contributed by atoms with Gasteiger partial charge in [0.2, 0.25) is 0 Å². The molecule has 0 radical (unpaired) electrons. The van der Waals surface area contributed by atoms with E-state index in [1.165, 1.54) is 0 Å². The zero-order valence-corrected chi connectivity index (χ0v) is 28.0. The molecule has 0 aromatic heterocycles. The summed E-state index contributed by atoms with van der Waals surface area (Å²) in [7, 11) is 0. The highest BCUT2D eigenvalue weighted by Gasteiger charge is 2.68. The summed E-state index contributed by atoms with van der Waals surface area (Å²) in [5.74, 6) is -0.0274. The van der Waals surface area contributed by atoms with Crippen LogP contribution in [0.4, 0.5) is 0 Å². The Balaban J connectivity index is 0.881. The molecule has 1 spiro atoms. The lowest BCUT2D eigenvalue weighted by Crippen LogP contribution is -2.68. The van der Waals surface area contributed by atoms with Crippen LogP contribution in [0.15, 0.2) is 0 Å². The molecule has 10 heteroatoms. The number of aliphatic hydroxyl groups excluding tert-OH is 2. The maximum absolute atomic E-state index is 14.0. The first-order valence-corrected chi connectivity index (χ1v) is 19.2.